The first-order chi connectivity index (χ1) is 9.26. The van der Waals surface area contributed by atoms with Crippen LogP contribution in [0.3, 0.4) is 0 Å². The fraction of sp³-hybridized carbons (Fsp3) is 0.231. The van der Waals surface area contributed by atoms with E-state index in [0.717, 1.165) is 5.56 Å². The van der Waals surface area contributed by atoms with Gasteiger partial charge < -0.3 is 4.90 Å². The lowest BCUT2D eigenvalue weighted by atomic mass is 10.2. The number of hydrogen-bond donors (Lipinski definition) is 0. The van der Waals surface area contributed by atoms with Gasteiger partial charge in [-0.15, -0.1) is 0 Å². The molecule has 0 aromatic carbocycles. The second kappa shape index (κ2) is 6.24. The SMILES string of the molecule is CCN(Cc1ccncc1)c1ncnc(Cl)c1C=O. The molecule has 0 aliphatic heterocycles. The molecule has 0 saturated heterocycles. The van der Waals surface area contributed by atoms with Crippen LogP contribution in [0.4, 0.5) is 5.82 Å². The minimum atomic E-state index is 0.174. The van der Waals surface area contributed by atoms with Crippen LogP contribution in [-0.2, 0) is 6.54 Å². The molecule has 0 unspecified atom stereocenters. The first kappa shape index (κ1) is 13.4. The van der Waals surface area contributed by atoms with Crippen molar-refractivity contribution in [2.45, 2.75) is 13.5 Å². The van der Waals surface area contributed by atoms with Crippen molar-refractivity contribution >= 4 is 23.7 Å². The fourth-order valence-corrected chi connectivity index (χ4v) is 1.94. The van der Waals surface area contributed by atoms with E-state index in [9.17, 15) is 4.79 Å². The van der Waals surface area contributed by atoms with Gasteiger partial charge in [0.15, 0.2) is 6.29 Å². The van der Waals surface area contributed by atoms with E-state index in [4.69, 9.17) is 11.6 Å². The summed E-state index contributed by atoms with van der Waals surface area (Å²) < 4.78 is 0. The van der Waals surface area contributed by atoms with Crippen molar-refractivity contribution in [2.24, 2.45) is 0 Å². The zero-order chi connectivity index (χ0) is 13.7. The highest BCUT2D eigenvalue weighted by molar-refractivity contribution is 6.32. The number of anilines is 1. The van der Waals surface area contributed by atoms with E-state index in [1.165, 1.54) is 6.33 Å². The summed E-state index contributed by atoms with van der Waals surface area (Å²) >= 11 is 5.91. The molecule has 98 valence electrons. The van der Waals surface area contributed by atoms with E-state index in [1.807, 2.05) is 24.0 Å². The summed E-state index contributed by atoms with van der Waals surface area (Å²) in [4.78, 5) is 25.0. The lowest BCUT2D eigenvalue weighted by molar-refractivity contribution is 0.112. The Kier molecular flexibility index (Phi) is 4.41. The molecule has 0 fully saturated rings. The van der Waals surface area contributed by atoms with Crippen LogP contribution in [-0.4, -0.2) is 27.8 Å². The van der Waals surface area contributed by atoms with E-state index >= 15 is 0 Å². The van der Waals surface area contributed by atoms with Crippen LogP contribution in [0.1, 0.15) is 22.8 Å². The average molecular weight is 277 g/mol. The van der Waals surface area contributed by atoms with Crippen molar-refractivity contribution in [1.29, 1.82) is 0 Å². The molecule has 0 aliphatic carbocycles. The van der Waals surface area contributed by atoms with Crippen LogP contribution in [0.5, 0.6) is 0 Å². The van der Waals surface area contributed by atoms with Crippen LogP contribution < -0.4 is 4.90 Å². The summed E-state index contributed by atoms with van der Waals surface area (Å²) in [5.41, 5.74) is 1.41. The van der Waals surface area contributed by atoms with Crippen LogP contribution >= 0.6 is 11.6 Å². The molecule has 19 heavy (non-hydrogen) atoms. The first-order valence-corrected chi connectivity index (χ1v) is 6.23. The molecule has 0 bridgehead atoms. The minimum absolute atomic E-state index is 0.174. The standard InChI is InChI=1S/C13H13ClN4O/c1-2-18(7-10-3-5-15-6-4-10)13-11(8-19)12(14)16-9-17-13/h3-6,8-9H,2,7H2,1H3. The zero-order valence-electron chi connectivity index (χ0n) is 10.5. The highest BCUT2D eigenvalue weighted by Crippen LogP contribution is 2.22. The maximum atomic E-state index is 11.1. The molecule has 2 rings (SSSR count). The summed E-state index contributed by atoms with van der Waals surface area (Å²) in [6, 6.07) is 3.85. The predicted octanol–water partition coefficient (Wildman–Crippen LogP) is 2.36. The van der Waals surface area contributed by atoms with E-state index in [-0.39, 0.29) is 5.15 Å². The molecule has 2 aromatic heterocycles. The van der Waals surface area contributed by atoms with Crippen molar-refractivity contribution in [3.63, 3.8) is 0 Å². The molecule has 2 aromatic rings. The lowest BCUT2D eigenvalue weighted by Crippen LogP contribution is -2.24. The van der Waals surface area contributed by atoms with Gasteiger partial charge in [-0.3, -0.25) is 9.78 Å². The summed E-state index contributed by atoms with van der Waals surface area (Å²) in [6.45, 7) is 3.33. The van der Waals surface area contributed by atoms with Gasteiger partial charge in [-0.25, -0.2) is 9.97 Å². The van der Waals surface area contributed by atoms with Crippen LogP contribution in [0.25, 0.3) is 0 Å². The van der Waals surface area contributed by atoms with Crippen molar-refractivity contribution in [3.8, 4) is 0 Å². The Bertz CT molecular complexity index is 562. The van der Waals surface area contributed by atoms with Gasteiger partial charge in [0, 0.05) is 25.5 Å². The summed E-state index contributed by atoms with van der Waals surface area (Å²) in [5.74, 6) is 0.550. The number of halogens is 1. The van der Waals surface area contributed by atoms with Crippen LogP contribution in [0.2, 0.25) is 5.15 Å². The number of nitrogens with zero attached hydrogens (tertiary/aromatic N) is 4. The van der Waals surface area contributed by atoms with Crippen molar-refractivity contribution in [2.75, 3.05) is 11.4 Å². The largest absolute Gasteiger partial charge is 0.352 e. The fourth-order valence-electron chi connectivity index (χ4n) is 1.76. The van der Waals surface area contributed by atoms with E-state index < -0.39 is 0 Å². The quantitative estimate of drug-likeness (QED) is 0.620. The highest BCUT2D eigenvalue weighted by Gasteiger charge is 2.15. The lowest BCUT2D eigenvalue weighted by Gasteiger charge is -2.23. The van der Waals surface area contributed by atoms with Gasteiger partial charge >= 0.3 is 0 Å². The summed E-state index contributed by atoms with van der Waals surface area (Å²) in [7, 11) is 0. The van der Waals surface area contributed by atoms with Gasteiger partial charge in [0.25, 0.3) is 0 Å². The Morgan fingerprint density at radius 3 is 2.68 bits per heavy atom. The number of aromatic nitrogens is 3. The van der Waals surface area contributed by atoms with Gasteiger partial charge in [-0.05, 0) is 24.6 Å². The molecule has 6 heteroatoms. The summed E-state index contributed by atoms with van der Waals surface area (Å²) in [6.07, 6.45) is 5.51. The maximum Gasteiger partial charge on any atom is 0.156 e. The Morgan fingerprint density at radius 2 is 2.05 bits per heavy atom. The molecule has 0 atom stereocenters. The Hall–Kier alpha value is -2.01. The highest BCUT2D eigenvalue weighted by atomic mass is 35.5. The minimum Gasteiger partial charge on any atom is -0.352 e. The Labute approximate surface area is 116 Å². The predicted molar refractivity (Wildman–Crippen MR) is 73.4 cm³/mol. The summed E-state index contributed by atoms with van der Waals surface area (Å²) in [5, 5.41) is 0.174. The van der Waals surface area contributed by atoms with Crippen LogP contribution in [0, 0.1) is 0 Å². The number of rotatable bonds is 5. The van der Waals surface area contributed by atoms with Crippen LogP contribution in [0.15, 0.2) is 30.9 Å². The van der Waals surface area contributed by atoms with Crippen molar-refractivity contribution < 1.29 is 4.79 Å². The number of pyridine rings is 1. The van der Waals surface area contributed by atoms with Gasteiger partial charge in [0.2, 0.25) is 0 Å². The molecule has 5 nitrogen and oxygen atoms in total. The molecular weight excluding hydrogens is 264 g/mol. The molecule has 2 heterocycles. The first-order valence-electron chi connectivity index (χ1n) is 5.85. The zero-order valence-corrected chi connectivity index (χ0v) is 11.2. The Balaban J connectivity index is 2.32. The second-order valence-corrected chi connectivity index (χ2v) is 4.25. The van der Waals surface area contributed by atoms with E-state index in [2.05, 4.69) is 15.0 Å². The van der Waals surface area contributed by atoms with E-state index in [0.29, 0.717) is 30.8 Å². The molecule has 0 amide bonds. The number of aldehydes is 1. The Morgan fingerprint density at radius 1 is 1.32 bits per heavy atom. The van der Waals surface area contributed by atoms with Gasteiger partial charge in [0.05, 0.1) is 5.56 Å². The van der Waals surface area contributed by atoms with Crippen molar-refractivity contribution in [1.82, 2.24) is 15.0 Å². The molecule has 0 spiro atoms. The van der Waals surface area contributed by atoms with Crippen molar-refractivity contribution in [3.05, 3.63) is 47.1 Å². The monoisotopic (exact) mass is 276 g/mol. The maximum absolute atomic E-state index is 11.1. The van der Waals surface area contributed by atoms with Gasteiger partial charge in [-0.1, -0.05) is 11.6 Å². The second-order valence-electron chi connectivity index (χ2n) is 3.89. The molecule has 0 saturated carbocycles. The molecular formula is C13H13ClN4O. The number of carbonyl (C=O) groups excluding carboxylic acids is 1. The smallest absolute Gasteiger partial charge is 0.156 e. The molecule has 0 N–H and O–H groups in total. The third-order valence-corrected chi connectivity index (χ3v) is 3.04. The number of hydrogen-bond acceptors (Lipinski definition) is 5. The molecule has 0 aliphatic rings. The third kappa shape index (κ3) is 3.06. The van der Waals surface area contributed by atoms with Gasteiger partial charge in [0.1, 0.15) is 17.3 Å². The molecule has 0 radical (unpaired) electrons. The third-order valence-electron chi connectivity index (χ3n) is 2.74. The average Bonchev–Trinajstić information content (AvgIpc) is 2.45. The van der Waals surface area contributed by atoms with E-state index in [1.54, 1.807) is 12.4 Å². The number of carbonyl (C=O) groups is 1. The normalized spacial score (nSPS) is 10.2. The topological polar surface area (TPSA) is 59.0 Å². The van der Waals surface area contributed by atoms with Gasteiger partial charge in [-0.2, -0.15) is 0 Å².